The molecule has 1 aliphatic rings. The van der Waals surface area contributed by atoms with Gasteiger partial charge in [0.2, 0.25) is 0 Å². The Hall–Kier alpha value is -0.870. The van der Waals surface area contributed by atoms with Gasteiger partial charge in [-0.25, -0.2) is 0 Å². The molecule has 0 spiro atoms. The maximum atomic E-state index is 10.4. The highest BCUT2D eigenvalue weighted by Gasteiger charge is 2.35. The van der Waals surface area contributed by atoms with Crippen LogP contribution in [0.3, 0.4) is 0 Å². The van der Waals surface area contributed by atoms with Crippen LogP contribution >= 0.6 is 0 Å². The normalized spacial score (nSPS) is 33.2. The van der Waals surface area contributed by atoms with E-state index in [2.05, 4.69) is 17.3 Å². The second-order valence-electron chi connectivity index (χ2n) is 4.19. The monoisotopic (exact) mass is 195 g/mol. The number of piperidine rings is 1. The Labute approximate surface area is 83.9 Å². The Kier molecular flexibility index (Phi) is 2.33. The van der Waals surface area contributed by atoms with E-state index >= 15 is 0 Å². The molecule has 1 saturated heterocycles. The second-order valence-corrected chi connectivity index (χ2v) is 4.19. The highest BCUT2D eigenvalue weighted by Crippen LogP contribution is 2.29. The summed E-state index contributed by atoms with van der Waals surface area (Å²) >= 11 is 0. The van der Waals surface area contributed by atoms with Gasteiger partial charge in [0, 0.05) is 25.8 Å². The van der Waals surface area contributed by atoms with Crippen molar-refractivity contribution >= 4 is 0 Å². The van der Waals surface area contributed by atoms with E-state index in [0.29, 0.717) is 12.6 Å². The summed E-state index contributed by atoms with van der Waals surface area (Å²) in [7, 11) is 1.87. The molecule has 2 heterocycles. The van der Waals surface area contributed by atoms with Crippen molar-refractivity contribution in [2.75, 3.05) is 6.54 Å². The minimum absolute atomic E-state index is 0.503. The van der Waals surface area contributed by atoms with Crippen LogP contribution in [0.25, 0.3) is 0 Å². The number of aromatic nitrogens is 2. The first-order chi connectivity index (χ1) is 6.62. The number of aliphatic hydroxyl groups is 1. The lowest BCUT2D eigenvalue weighted by molar-refractivity contribution is -0.00344. The lowest BCUT2D eigenvalue weighted by Crippen LogP contribution is -2.48. The quantitative estimate of drug-likeness (QED) is 0.681. The molecule has 4 nitrogen and oxygen atoms in total. The summed E-state index contributed by atoms with van der Waals surface area (Å²) in [6.45, 7) is 2.76. The lowest BCUT2D eigenvalue weighted by Gasteiger charge is -2.35. The molecule has 78 valence electrons. The third-order valence-corrected chi connectivity index (χ3v) is 3.03. The average Bonchev–Trinajstić information content (AvgIpc) is 2.58. The fourth-order valence-corrected chi connectivity index (χ4v) is 2.04. The molecule has 0 saturated carbocycles. The average molecular weight is 195 g/mol. The number of β-amino-alcohol motifs (C(OH)–C–C–N with tert-alkyl or cyclic N) is 1. The van der Waals surface area contributed by atoms with Crippen LogP contribution in [-0.4, -0.2) is 27.5 Å². The van der Waals surface area contributed by atoms with Gasteiger partial charge in [-0.05, 0) is 25.8 Å². The lowest BCUT2D eigenvalue weighted by atomic mass is 9.88. The van der Waals surface area contributed by atoms with Crippen LogP contribution in [0.5, 0.6) is 0 Å². The van der Waals surface area contributed by atoms with Crippen molar-refractivity contribution in [3.05, 3.63) is 18.0 Å². The zero-order valence-electron chi connectivity index (χ0n) is 8.70. The van der Waals surface area contributed by atoms with Crippen molar-refractivity contribution in [1.82, 2.24) is 15.1 Å². The number of rotatable bonds is 1. The van der Waals surface area contributed by atoms with E-state index in [4.69, 9.17) is 0 Å². The molecule has 1 fully saturated rings. The Bertz CT molecular complexity index is 313. The topological polar surface area (TPSA) is 50.1 Å². The van der Waals surface area contributed by atoms with Crippen LogP contribution in [-0.2, 0) is 12.6 Å². The number of nitrogens with one attached hydrogen (secondary N) is 1. The van der Waals surface area contributed by atoms with E-state index in [9.17, 15) is 5.11 Å². The van der Waals surface area contributed by atoms with Crippen molar-refractivity contribution in [3.63, 3.8) is 0 Å². The van der Waals surface area contributed by atoms with Gasteiger partial charge in [-0.15, -0.1) is 0 Å². The molecule has 1 aromatic heterocycles. The Balaban J connectivity index is 2.21. The zero-order valence-corrected chi connectivity index (χ0v) is 8.70. The van der Waals surface area contributed by atoms with Gasteiger partial charge >= 0.3 is 0 Å². The smallest absolute Gasteiger partial charge is 0.119 e. The molecule has 0 amide bonds. The molecule has 1 aliphatic heterocycles. The minimum atomic E-state index is -0.738. The van der Waals surface area contributed by atoms with Gasteiger partial charge in [-0.1, -0.05) is 0 Å². The summed E-state index contributed by atoms with van der Waals surface area (Å²) in [5.41, 5.74) is 0.162. The molecule has 0 aliphatic carbocycles. The molecule has 1 aromatic rings. The maximum Gasteiger partial charge on any atom is 0.119 e. The number of nitrogens with zero attached hydrogens (tertiary/aromatic N) is 2. The Morgan fingerprint density at radius 3 is 3.00 bits per heavy atom. The van der Waals surface area contributed by atoms with Gasteiger partial charge in [-0.2, -0.15) is 5.10 Å². The van der Waals surface area contributed by atoms with Crippen LogP contribution in [0.15, 0.2) is 12.3 Å². The van der Waals surface area contributed by atoms with Crippen LogP contribution in [0.4, 0.5) is 0 Å². The van der Waals surface area contributed by atoms with Gasteiger partial charge < -0.3 is 10.4 Å². The van der Waals surface area contributed by atoms with Crippen molar-refractivity contribution < 1.29 is 5.11 Å². The fourth-order valence-electron chi connectivity index (χ4n) is 2.04. The van der Waals surface area contributed by atoms with E-state index in [1.807, 2.05) is 13.1 Å². The third-order valence-electron chi connectivity index (χ3n) is 3.03. The minimum Gasteiger partial charge on any atom is -0.382 e. The number of hydrogen-bond acceptors (Lipinski definition) is 3. The second kappa shape index (κ2) is 3.37. The van der Waals surface area contributed by atoms with Crippen LogP contribution in [0, 0.1) is 0 Å². The first kappa shape index (κ1) is 9.68. The van der Waals surface area contributed by atoms with E-state index < -0.39 is 5.60 Å². The maximum absolute atomic E-state index is 10.4. The van der Waals surface area contributed by atoms with E-state index in [-0.39, 0.29) is 0 Å². The Morgan fingerprint density at radius 2 is 2.50 bits per heavy atom. The van der Waals surface area contributed by atoms with Crippen molar-refractivity contribution in [3.8, 4) is 0 Å². The summed E-state index contributed by atoms with van der Waals surface area (Å²) in [5.74, 6) is 0. The van der Waals surface area contributed by atoms with Crippen molar-refractivity contribution in [2.45, 2.75) is 31.4 Å². The standard InChI is InChI=1S/C10H17N3O/c1-8-3-5-10(14,7-11-8)9-4-6-12-13(9)2/h4,6,8,11,14H,3,5,7H2,1-2H3. The molecule has 0 bridgehead atoms. The van der Waals surface area contributed by atoms with E-state index in [1.54, 1.807) is 10.9 Å². The van der Waals surface area contributed by atoms with E-state index in [1.165, 1.54) is 0 Å². The van der Waals surface area contributed by atoms with Crippen LogP contribution in [0.2, 0.25) is 0 Å². The number of hydrogen-bond donors (Lipinski definition) is 2. The summed E-state index contributed by atoms with van der Waals surface area (Å²) in [6.07, 6.45) is 3.54. The summed E-state index contributed by atoms with van der Waals surface area (Å²) in [6, 6.07) is 2.39. The number of aryl methyl sites for hydroxylation is 1. The van der Waals surface area contributed by atoms with Gasteiger partial charge in [0.05, 0.1) is 5.69 Å². The fraction of sp³-hybridized carbons (Fsp3) is 0.700. The van der Waals surface area contributed by atoms with Gasteiger partial charge in [0.1, 0.15) is 5.60 Å². The molecule has 2 unspecified atom stereocenters. The van der Waals surface area contributed by atoms with Gasteiger partial charge in [0.15, 0.2) is 0 Å². The Morgan fingerprint density at radius 1 is 1.71 bits per heavy atom. The molecular formula is C10H17N3O. The molecule has 0 radical (unpaired) electrons. The SMILES string of the molecule is CC1CCC(O)(c2ccnn2C)CN1. The highest BCUT2D eigenvalue weighted by molar-refractivity contribution is 5.13. The zero-order chi connectivity index (χ0) is 10.2. The van der Waals surface area contributed by atoms with Crippen LogP contribution in [0.1, 0.15) is 25.5 Å². The first-order valence-corrected chi connectivity index (χ1v) is 5.06. The molecule has 2 rings (SSSR count). The molecule has 0 aromatic carbocycles. The molecular weight excluding hydrogens is 178 g/mol. The van der Waals surface area contributed by atoms with Crippen molar-refractivity contribution in [1.29, 1.82) is 0 Å². The van der Waals surface area contributed by atoms with E-state index in [0.717, 1.165) is 18.5 Å². The summed E-state index contributed by atoms with van der Waals surface area (Å²) < 4.78 is 1.75. The summed E-state index contributed by atoms with van der Waals surface area (Å²) in [5, 5.41) is 17.8. The molecule has 2 atom stereocenters. The molecule has 14 heavy (non-hydrogen) atoms. The van der Waals surface area contributed by atoms with Gasteiger partial charge in [0.25, 0.3) is 0 Å². The predicted octanol–water partition coefficient (Wildman–Crippen LogP) is 0.380. The largest absolute Gasteiger partial charge is 0.382 e. The highest BCUT2D eigenvalue weighted by atomic mass is 16.3. The first-order valence-electron chi connectivity index (χ1n) is 5.06. The van der Waals surface area contributed by atoms with Crippen LogP contribution < -0.4 is 5.32 Å². The molecule has 2 N–H and O–H groups in total. The van der Waals surface area contributed by atoms with Gasteiger partial charge in [-0.3, -0.25) is 4.68 Å². The summed E-state index contributed by atoms with van der Waals surface area (Å²) in [4.78, 5) is 0. The third kappa shape index (κ3) is 1.55. The van der Waals surface area contributed by atoms with Crippen molar-refractivity contribution in [2.24, 2.45) is 7.05 Å². The molecule has 4 heteroatoms. The predicted molar refractivity (Wildman–Crippen MR) is 53.8 cm³/mol.